The first-order chi connectivity index (χ1) is 11.4. The molecule has 1 N–H and O–H groups in total. The average Bonchev–Trinajstić information content (AvgIpc) is 2.96. The minimum atomic E-state index is -3.49. The molecule has 2 aromatic carbocycles. The van der Waals surface area contributed by atoms with E-state index in [0.29, 0.717) is 24.2 Å². The van der Waals surface area contributed by atoms with Crippen LogP contribution in [0.3, 0.4) is 0 Å². The molecule has 1 saturated heterocycles. The van der Waals surface area contributed by atoms with Crippen molar-refractivity contribution in [1.82, 2.24) is 0 Å². The lowest BCUT2D eigenvalue weighted by molar-refractivity contribution is -0.117. The molecule has 0 spiro atoms. The number of amides is 1. The van der Waals surface area contributed by atoms with E-state index in [1.807, 2.05) is 12.1 Å². The van der Waals surface area contributed by atoms with Gasteiger partial charge in [0.05, 0.1) is 5.75 Å². The van der Waals surface area contributed by atoms with E-state index in [2.05, 4.69) is 20.7 Å². The Balaban J connectivity index is 1.68. The summed E-state index contributed by atoms with van der Waals surface area (Å²) < 4.78 is 28.0. The van der Waals surface area contributed by atoms with Crippen molar-refractivity contribution >= 4 is 43.2 Å². The molecule has 2 aromatic rings. The van der Waals surface area contributed by atoms with Gasteiger partial charge in [-0.2, -0.15) is 0 Å². The Morgan fingerprint density at radius 3 is 2.29 bits per heavy atom. The van der Waals surface area contributed by atoms with Crippen LogP contribution in [0.4, 0.5) is 11.4 Å². The van der Waals surface area contributed by atoms with E-state index in [-0.39, 0.29) is 11.7 Å². The summed E-state index contributed by atoms with van der Waals surface area (Å²) >= 11 is 3.32. The lowest BCUT2D eigenvalue weighted by Crippen LogP contribution is -2.23. The van der Waals surface area contributed by atoms with Gasteiger partial charge in [0, 0.05) is 28.8 Å². The lowest BCUT2D eigenvalue weighted by Gasteiger charge is -2.16. The van der Waals surface area contributed by atoms with Gasteiger partial charge in [-0.05, 0) is 48.4 Å². The number of halogens is 1. The number of benzene rings is 2. The van der Waals surface area contributed by atoms with Crippen LogP contribution >= 0.6 is 15.9 Å². The molecule has 24 heavy (non-hydrogen) atoms. The Morgan fingerprint density at radius 1 is 1.04 bits per heavy atom. The van der Waals surface area contributed by atoms with Gasteiger partial charge in [0.1, 0.15) is 0 Å². The monoisotopic (exact) mass is 408 g/mol. The van der Waals surface area contributed by atoms with E-state index in [1.54, 1.807) is 41.3 Å². The van der Waals surface area contributed by atoms with E-state index in [0.717, 1.165) is 16.6 Å². The zero-order valence-corrected chi connectivity index (χ0v) is 15.3. The van der Waals surface area contributed by atoms with Crippen LogP contribution in [0.5, 0.6) is 0 Å². The highest BCUT2D eigenvalue weighted by atomic mass is 79.9. The van der Waals surface area contributed by atoms with Gasteiger partial charge in [-0.1, -0.05) is 28.1 Å². The Bertz CT molecular complexity index is 833. The smallest absolute Gasteiger partial charge is 0.236 e. The largest absolute Gasteiger partial charge is 0.312 e. The quantitative estimate of drug-likeness (QED) is 0.822. The molecule has 1 amide bonds. The van der Waals surface area contributed by atoms with Crippen LogP contribution < -0.4 is 9.62 Å². The fourth-order valence-corrected chi connectivity index (χ4v) is 4.11. The number of carbonyl (C=O) groups excluding carboxylic acids is 1. The summed E-state index contributed by atoms with van der Waals surface area (Å²) in [6.45, 7) is 0.716. The van der Waals surface area contributed by atoms with Gasteiger partial charge < -0.3 is 4.90 Å². The van der Waals surface area contributed by atoms with Crippen molar-refractivity contribution in [2.75, 3.05) is 16.2 Å². The van der Waals surface area contributed by atoms with Crippen molar-refractivity contribution in [2.24, 2.45) is 0 Å². The minimum absolute atomic E-state index is 0.0906. The van der Waals surface area contributed by atoms with Gasteiger partial charge in [0.2, 0.25) is 15.9 Å². The highest BCUT2D eigenvalue weighted by Crippen LogP contribution is 2.24. The second-order valence-electron chi connectivity index (χ2n) is 5.68. The predicted molar refractivity (Wildman–Crippen MR) is 98.4 cm³/mol. The van der Waals surface area contributed by atoms with Crippen LogP contribution in [0.2, 0.25) is 0 Å². The van der Waals surface area contributed by atoms with Crippen molar-refractivity contribution in [3.05, 3.63) is 58.6 Å². The number of nitrogens with zero attached hydrogens (tertiary/aromatic N) is 1. The highest BCUT2D eigenvalue weighted by molar-refractivity contribution is 9.10. The standard InChI is InChI=1S/C17H17BrN2O3S/c18-14-5-3-13(4-6-14)12-24(22,23)19-15-7-9-16(10-8-15)20-11-1-2-17(20)21/h3-10,19H,1-2,11-12H2. The van der Waals surface area contributed by atoms with E-state index < -0.39 is 10.0 Å². The minimum Gasteiger partial charge on any atom is -0.312 e. The molecule has 1 heterocycles. The van der Waals surface area contributed by atoms with Gasteiger partial charge in [-0.15, -0.1) is 0 Å². The molecule has 0 atom stereocenters. The maximum absolute atomic E-state index is 12.3. The summed E-state index contributed by atoms with van der Waals surface area (Å²) in [4.78, 5) is 13.4. The Kier molecular flexibility index (Phi) is 4.91. The molecule has 1 fully saturated rings. The number of nitrogens with one attached hydrogen (secondary N) is 1. The van der Waals surface area contributed by atoms with Crippen molar-refractivity contribution in [3.8, 4) is 0 Å². The van der Waals surface area contributed by atoms with Gasteiger partial charge in [-0.25, -0.2) is 8.42 Å². The van der Waals surface area contributed by atoms with Crippen LogP contribution in [0.25, 0.3) is 0 Å². The molecule has 0 unspecified atom stereocenters. The molecule has 0 radical (unpaired) electrons. The van der Waals surface area contributed by atoms with Gasteiger partial charge >= 0.3 is 0 Å². The highest BCUT2D eigenvalue weighted by Gasteiger charge is 2.21. The number of sulfonamides is 1. The Labute approximate surface area is 149 Å². The van der Waals surface area contributed by atoms with Gasteiger partial charge in [0.15, 0.2) is 0 Å². The SMILES string of the molecule is O=C1CCCN1c1ccc(NS(=O)(=O)Cc2ccc(Br)cc2)cc1. The zero-order chi connectivity index (χ0) is 17.2. The van der Waals surface area contributed by atoms with Crippen molar-refractivity contribution < 1.29 is 13.2 Å². The van der Waals surface area contributed by atoms with Gasteiger partial charge in [-0.3, -0.25) is 9.52 Å². The van der Waals surface area contributed by atoms with Crippen LogP contribution in [-0.2, 0) is 20.6 Å². The van der Waals surface area contributed by atoms with E-state index >= 15 is 0 Å². The van der Waals surface area contributed by atoms with E-state index in [9.17, 15) is 13.2 Å². The first kappa shape index (κ1) is 17.0. The van der Waals surface area contributed by atoms with Gasteiger partial charge in [0.25, 0.3) is 0 Å². The molecule has 0 bridgehead atoms. The third kappa shape index (κ3) is 4.15. The Morgan fingerprint density at radius 2 is 1.71 bits per heavy atom. The summed E-state index contributed by atoms with van der Waals surface area (Å²) in [5.41, 5.74) is 2.00. The normalized spacial score (nSPS) is 14.9. The lowest BCUT2D eigenvalue weighted by atomic mass is 10.2. The summed E-state index contributed by atoms with van der Waals surface area (Å²) in [5.74, 6) is 0.0192. The molecule has 5 nitrogen and oxygen atoms in total. The number of carbonyl (C=O) groups is 1. The topological polar surface area (TPSA) is 66.5 Å². The van der Waals surface area contributed by atoms with Crippen LogP contribution in [0.15, 0.2) is 53.0 Å². The van der Waals surface area contributed by atoms with Crippen molar-refractivity contribution in [3.63, 3.8) is 0 Å². The second-order valence-corrected chi connectivity index (χ2v) is 8.32. The first-order valence-electron chi connectivity index (χ1n) is 7.58. The summed E-state index contributed by atoms with van der Waals surface area (Å²) in [7, 11) is -3.49. The fraction of sp³-hybridized carbons (Fsp3) is 0.235. The molecule has 3 rings (SSSR count). The number of hydrogen-bond donors (Lipinski definition) is 1. The molecule has 0 aliphatic carbocycles. The Hall–Kier alpha value is -1.86. The van der Waals surface area contributed by atoms with E-state index in [1.165, 1.54) is 0 Å². The zero-order valence-electron chi connectivity index (χ0n) is 12.9. The second kappa shape index (κ2) is 6.94. The number of anilines is 2. The molecular formula is C17H17BrN2O3S. The molecule has 1 aliphatic rings. The van der Waals surface area contributed by atoms with Crippen LogP contribution in [0.1, 0.15) is 18.4 Å². The summed E-state index contributed by atoms with van der Waals surface area (Å²) in [6, 6.07) is 14.1. The summed E-state index contributed by atoms with van der Waals surface area (Å²) in [6.07, 6.45) is 1.43. The van der Waals surface area contributed by atoms with Crippen LogP contribution in [0, 0.1) is 0 Å². The molecule has 7 heteroatoms. The summed E-state index contributed by atoms with van der Waals surface area (Å²) in [5, 5.41) is 0. The number of hydrogen-bond acceptors (Lipinski definition) is 3. The predicted octanol–water partition coefficient (Wildman–Crippen LogP) is 3.52. The molecule has 0 aromatic heterocycles. The average molecular weight is 409 g/mol. The third-order valence-corrected chi connectivity index (χ3v) is 5.58. The molecule has 126 valence electrons. The van der Waals surface area contributed by atoms with Crippen molar-refractivity contribution in [2.45, 2.75) is 18.6 Å². The number of rotatable bonds is 5. The van der Waals surface area contributed by atoms with E-state index in [4.69, 9.17) is 0 Å². The maximum Gasteiger partial charge on any atom is 0.236 e. The molecule has 0 saturated carbocycles. The van der Waals surface area contributed by atoms with Crippen molar-refractivity contribution in [1.29, 1.82) is 0 Å². The molecule has 1 aliphatic heterocycles. The maximum atomic E-state index is 12.3. The molecular weight excluding hydrogens is 392 g/mol. The third-order valence-electron chi connectivity index (χ3n) is 3.80. The fourth-order valence-electron chi connectivity index (χ4n) is 2.65. The van der Waals surface area contributed by atoms with Crippen LogP contribution in [-0.4, -0.2) is 20.9 Å². The first-order valence-corrected chi connectivity index (χ1v) is 10.0.